The third kappa shape index (κ3) is 4.80. The number of hydrogen-bond acceptors (Lipinski definition) is 4. The van der Waals surface area contributed by atoms with Crippen molar-refractivity contribution in [3.05, 3.63) is 0 Å². The topological polar surface area (TPSA) is 52.6 Å². The second kappa shape index (κ2) is 9.19. The quantitative estimate of drug-likeness (QED) is 0.390. The monoisotopic (exact) mass is 298 g/mol. The van der Waals surface area contributed by atoms with Crippen molar-refractivity contribution in [3.63, 3.8) is 0 Å². The molecule has 21 heavy (non-hydrogen) atoms. The largest absolute Gasteiger partial charge is 0.465 e. The standard InChI is InChI=1S/C17H30O4/c1-4-11-14(16(19)20-5-2)15(18)17(21-6-3)12-9-7-8-10-13-17/h14H,4-13H2,1-3H3. The van der Waals surface area contributed by atoms with E-state index in [4.69, 9.17) is 9.47 Å². The summed E-state index contributed by atoms with van der Waals surface area (Å²) in [6, 6.07) is 0. The molecule has 0 bridgehead atoms. The second-order valence-corrected chi connectivity index (χ2v) is 5.80. The number of rotatable bonds is 8. The molecular weight excluding hydrogens is 268 g/mol. The van der Waals surface area contributed by atoms with Crippen LogP contribution in [0, 0.1) is 5.92 Å². The van der Waals surface area contributed by atoms with E-state index in [0.29, 0.717) is 19.6 Å². The molecule has 1 aliphatic carbocycles. The number of ketones is 1. The van der Waals surface area contributed by atoms with E-state index in [0.717, 1.165) is 44.9 Å². The van der Waals surface area contributed by atoms with Crippen LogP contribution in [0.4, 0.5) is 0 Å². The zero-order chi connectivity index (χ0) is 15.7. The van der Waals surface area contributed by atoms with Gasteiger partial charge in [-0.05, 0) is 33.1 Å². The van der Waals surface area contributed by atoms with E-state index in [1.807, 2.05) is 13.8 Å². The van der Waals surface area contributed by atoms with Gasteiger partial charge in [-0.15, -0.1) is 0 Å². The third-order valence-electron chi connectivity index (χ3n) is 4.25. The van der Waals surface area contributed by atoms with E-state index in [2.05, 4.69) is 0 Å². The molecule has 0 aliphatic heterocycles. The summed E-state index contributed by atoms with van der Waals surface area (Å²) < 4.78 is 11.0. The predicted octanol–water partition coefficient (Wildman–Crippen LogP) is 3.66. The molecule has 1 atom stereocenters. The Morgan fingerprint density at radius 1 is 1.00 bits per heavy atom. The van der Waals surface area contributed by atoms with Crippen LogP contribution >= 0.6 is 0 Å². The first-order chi connectivity index (χ1) is 10.1. The molecule has 0 aromatic heterocycles. The molecule has 1 aliphatic rings. The molecule has 1 rings (SSSR count). The molecule has 1 unspecified atom stereocenters. The minimum atomic E-state index is -0.766. The maximum Gasteiger partial charge on any atom is 0.316 e. The minimum Gasteiger partial charge on any atom is -0.465 e. The molecule has 1 saturated carbocycles. The molecule has 0 radical (unpaired) electrons. The van der Waals surface area contributed by atoms with Gasteiger partial charge in [0.1, 0.15) is 11.5 Å². The lowest BCUT2D eigenvalue weighted by atomic mass is 9.81. The third-order valence-corrected chi connectivity index (χ3v) is 4.25. The molecule has 0 N–H and O–H groups in total. The van der Waals surface area contributed by atoms with Gasteiger partial charge in [0.05, 0.1) is 6.61 Å². The zero-order valence-electron chi connectivity index (χ0n) is 13.8. The highest BCUT2D eigenvalue weighted by Gasteiger charge is 2.45. The SMILES string of the molecule is CCCC(C(=O)OCC)C(=O)C1(OCC)CCCCCC1. The first-order valence-electron chi connectivity index (χ1n) is 8.46. The van der Waals surface area contributed by atoms with Crippen molar-refractivity contribution in [2.75, 3.05) is 13.2 Å². The fourth-order valence-corrected chi connectivity index (χ4v) is 3.24. The average Bonchev–Trinajstić information content (AvgIpc) is 2.71. The van der Waals surface area contributed by atoms with Crippen molar-refractivity contribution in [2.45, 2.75) is 77.7 Å². The van der Waals surface area contributed by atoms with Crippen LogP contribution in [-0.2, 0) is 19.1 Å². The first kappa shape index (κ1) is 18.1. The van der Waals surface area contributed by atoms with E-state index in [1.165, 1.54) is 0 Å². The maximum absolute atomic E-state index is 13.0. The molecule has 0 aromatic carbocycles. The summed E-state index contributed by atoms with van der Waals surface area (Å²) in [4.78, 5) is 25.2. The van der Waals surface area contributed by atoms with Crippen molar-refractivity contribution in [1.29, 1.82) is 0 Å². The Balaban J connectivity index is 2.96. The molecule has 0 heterocycles. The molecule has 4 nitrogen and oxygen atoms in total. The Labute approximate surface area is 128 Å². The van der Waals surface area contributed by atoms with Crippen LogP contribution in [0.15, 0.2) is 0 Å². The summed E-state index contributed by atoms with van der Waals surface area (Å²) in [5.74, 6) is -1.10. The highest BCUT2D eigenvalue weighted by molar-refractivity contribution is 6.03. The number of carbonyl (C=O) groups excluding carboxylic acids is 2. The van der Waals surface area contributed by atoms with Gasteiger partial charge in [0.25, 0.3) is 0 Å². The van der Waals surface area contributed by atoms with Gasteiger partial charge in [-0.25, -0.2) is 0 Å². The lowest BCUT2D eigenvalue weighted by Gasteiger charge is -2.33. The van der Waals surface area contributed by atoms with E-state index < -0.39 is 11.5 Å². The number of carbonyl (C=O) groups is 2. The fraction of sp³-hybridized carbons (Fsp3) is 0.882. The molecule has 4 heteroatoms. The van der Waals surface area contributed by atoms with E-state index in [-0.39, 0.29) is 11.8 Å². The predicted molar refractivity (Wildman–Crippen MR) is 82.1 cm³/mol. The van der Waals surface area contributed by atoms with Crippen LogP contribution in [-0.4, -0.2) is 30.6 Å². The van der Waals surface area contributed by atoms with Gasteiger partial charge in [-0.2, -0.15) is 0 Å². The van der Waals surface area contributed by atoms with Crippen LogP contribution in [0.3, 0.4) is 0 Å². The molecule has 1 fully saturated rings. The van der Waals surface area contributed by atoms with Gasteiger partial charge in [-0.1, -0.05) is 39.0 Å². The highest BCUT2D eigenvalue weighted by atomic mass is 16.5. The summed E-state index contributed by atoms with van der Waals surface area (Å²) in [6.07, 6.45) is 7.07. The van der Waals surface area contributed by atoms with Crippen molar-refractivity contribution < 1.29 is 19.1 Å². The maximum atomic E-state index is 13.0. The van der Waals surface area contributed by atoms with E-state index >= 15 is 0 Å². The molecular formula is C17H30O4. The van der Waals surface area contributed by atoms with Gasteiger partial charge in [0, 0.05) is 6.61 Å². The normalized spacial score (nSPS) is 19.6. The van der Waals surface area contributed by atoms with Crippen LogP contribution in [0.25, 0.3) is 0 Å². The van der Waals surface area contributed by atoms with Gasteiger partial charge in [0.2, 0.25) is 0 Å². The van der Waals surface area contributed by atoms with Gasteiger partial charge in [0.15, 0.2) is 5.78 Å². The zero-order valence-corrected chi connectivity index (χ0v) is 13.8. The molecule has 0 aromatic rings. The smallest absolute Gasteiger partial charge is 0.316 e. The molecule has 0 amide bonds. The van der Waals surface area contributed by atoms with E-state index in [1.54, 1.807) is 6.92 Å². The summed E-state index contributed by atoms with van der Waals surface area (Å²) in [5, 5.41) is 0. The summed E-state index contributed by atoms with van der Waals surface area (Å²) >= 11 is 0. The van der Waals surface area contributed by atoms with Crippen LogP contribution in [0.5, 0.6) is 0 Å². The fourth-order valence-electron chi connectivity index (χ4n) is 3.24. The molecule has 122 valence electrons. The lowest BCUT2D eigenvalue weighted by Crippen LogP contribution is -2.47. The summed E-state index contributed by atoms with van der Waals surface area (Å²) in [7, 11) is 0. The lowest BCUT2D eigenvalue weighted by molar-refractivity contribution is -0.163. The van der Waals surface area contributed by atoms with Gasteiger partial charge in [-0.3, -0.25) is 9.59 Å². The Morgan fingerprint density at radius 3 is 2.10 bits per heavy atom. The summed E-state index contributed by atoms with van der Waals surface area (Å²) in [5.41, 5.74) is -0.766. The van der Waals surface area contributed by atoms with Crippen LogP contribution < -0.4 is 0 Å². The van der Waals surface area contributed by atoms with Crippen molar-refractivity contribution in [2.24, 2.45) is 5.92 Å². The number of esters is 1. The Bertz CT molecular complexity index is 330. The number of hydrogen-bond donors (Lipinski definition) is 0. The molecule has 0 saturated heterocycles. The minimum absolute atomic E-state index is 0.0495. The van der Waals surface area contributed by atoms with Crippen molar-refractivity contribution >= 4 is 11.8 Å². The van der Waals surface area contributed by atoms with Crippen LogP contribution in [0.1, 0.15) is 72.1 Å². The number of ether oxygens (including phenoxy) is 2. The van der Waals surface area contributed by atoms with Gasteiger partial charge < -0.3 is 9.47 Å². The first-order valence-corrected chi connectivity index (χ1v) is 8.46. The van der Waals surface area contributed by atoms with Gasteiger partial charge >= 0.3 is 5.97 Å². The Morgan fingerprint density at radius 2 is 1.62 bits per heavy atom. The highest BCUT2D eigenvalue weighted by Crippen LogP contribution is 2.34. The van der Waals surface area contributed by atoms with E-state index in [9.17, 15) is 9.59 Å². The second-order valence-electron chi connectivity index (χ2n) is 5.80. The Hall–Kier alpha value is -0.900. The number of Topliss-reactive ketones (excluding diaryl/α,β-unsaturated/α-hetero) is 1. The average molecular weight is 298 g/mol. The van der Waals surface area contributed by atoms with Crippen LogP contribution in [0.2, 0.25) is 0 Å². The Kier molecular flexibility index (Phi) is 7.94. The molecule has 0 spiro atoms. The van der Waals surface area contributed by atoms with Crippen molar-refractivity contribution in [1.82, 2.24) is 0 Å². The van der Waals surface area contributed by atoms with Crippen molar-refractivity contribution in [3.8, 4) is 0 Å². The summed E-state index contributed by atoms with van der Waals surface area (Å²) in [6.45, 7) is 6.50.